The van der Waals surface area contributed by atoms with Gasteiger partial charge in [-0.2, -0.15) is 0 Å². The maximum absolute atomic E-state index is 12.0. The summed E-state index contributed by atoms with van der Waals surface area (Å²) in [5.74, 6) is 1.92. The SMILES string of the molecule is COc1ccc(CNC(=O)/C=C/c2c(Br)ccc3c2OCO3)cc1. The zero-order valence-corrected chi connectivity index (χ0v) is 14.6. The Kier molecular flexibility index (Phi) is 5.05. The van der Waals surface area contributed by atoms with Crippen LogP contribution in [0.5, 0.6) is 17.2 Å². The zero-order valence-electron chi connectivity index (χ0n) is 13.0. The molecule has 0 fully saturated rings. The van der Waals surface area contributed by atoms with E-state index in [0.717, 1.165) is 21.3 Å². The first-order valence-corrected chi connectivity index (χ1v) is 8.13. The van der Waals surface area contributed by atoms with Crippen LogP contribution in [-0.2, 0) is 11.3 Å². The van der Waals surface area contributed by atoms with E-state index in [1.54, 1.807) is 13.2 Å². The summed E-state index contributed by atoms with van der Waals surface area (Å²) in [6, 6.07) is 11.2. The number of hydrogen-bond donors (Lipinski definition) is 1. The van der Waals surface area contributed by atoms with Gasteiger partial charge in [-0.05, 0) is 35.9 Å². The van der Waals surface area contributed by atoms with Crippen LogP contribution < -0.4 is 19.5 Å². The van der Waals surface area contributed by atoms with Crippen LogP contribution >= 0.6 is 15.9 Å². The first-order chi connectivity index (χ1) is 11.7. The van der Waals surface area contributed by atoms with E-state index in [0.29, 0.717) is 18.0 Å². The molecule has 5 nitrogen and oxygen atoms in total. The lowest BCUT2D eigenvalue weighted by molar-refractivity contribution is -0.116. The number of carbonyl (C=O) groups excluding carboxylic acids is 1. The number of methoxy groups -OCH3 is 1. The number of nitrogens with one attached hydrogen (secondary N) is 1. The molecule has 0 saturated heterocycles. The molecule has 0 aliphatic carbocycles. The third kappa shape index (κ3) is 3.71. The summed E-state index contributed by atoms with van der Waals surface area (Å²) < 4.78 is 16.7. The Hall–Kier alpha value is -2.47. The van der Waals surface area contributed by atoms with Gasteiger partial charge in [0.25, 0.3) is 0 Å². The maximum Gasteiger partial charge on any atom is 0.244 e. The van der Waals surface area contributed by atoms with Crippen LogP contribution in [0.4, 0.5) is 0 Å². The summed E-state index contributed by atoms with van der Waals surface area (Å²) in [5, 5.41) is 2.84. The third-order valence-electron chi connectivity index (χ3n) is 3.55. The molecule has 3 rings (SSSR count). The van der Waals surface area contributed by atoms with Gasteiger partial charge < -0.3 is 19.5 Å². The Labute approximate surface area is 148 Å². The molecule has 1 amide bonds. The number of amides is 1. The molecule has 0 unspecified atom stereocenters. The maximum atomic E-state index is 12.0. The lowest BCUT2D eigenvalue weighted by Gasteiger charge is -2.05. The first kappa shape index (κ1) is 16.4. The van der Waals surface area contributed by atoms with Gasteiger partial charge in [-0.1, -0.05) is 28.1 Å². The summed E-state index contributed by atoms with van der Waals surface area (Å²) in [7, 11) is 1.62. The lowest BCUT2D eigenvalue weighted by Crippen LogP contribution is -2.20. The molecule has 0 saturated carbocycles. The standard InChI is InChI=1S/C18H16BrNO4/c1-22-13-4-2-12(3-5-13)10-20-17(21)9-6-14-15(19)7-8-16-18(14)24-11-23-16/h2-9H,10-11H2,1H3,(H,20,21)/b9-6+. The Morgan fingerprint density at radius 1 is 1.25 bits per heavy atom. The van der Waals surface area contributed by atoms with Crippen molar-refractivity contribution in [2.24, 2.45) is 0 Å². The topological polar surface area (TPSA) is 56.8 Å². The van der Waals surface area contributed by atoms with Crippen LogP contribution in [0.25, 0.3) is 6.08 Å². The Bertz CT molecular complexity index is 771. The molecule has 1 N–H and O–H groups in total. The minimum Gasteiger partial charge on any atom is -0.497 e. The van der Waals surface area contributed by atoms with E-state index in [-0.39, 0.29) is 12.7 Å². The number of rotatable bonds is 5. The molecule has 1 aliphatic rings. The summed E-state index contributed by atoms with van der Waals surface area (Å²) in [6.45, 7) is 0.636. The average molecular weight is 390 g/mol. The van der Waals surface area contributed by atoms with Gasteiger partial charge in [-0.25, -0.2) is 0 Å². The van der Waals surface area contributed by atoms with Gasteiger partial charge >= 0.3 is 0 Å². The van der Waals surface area contributed by atoms with Crippen LogP contribution in [-0.4, -0.2) is 19.8 Å². The summed E-state index contributed by atoms with van der Waals surface area (Å²) in [6.07, 6.45) is 3.19. The number of ether oxygens (including phenoxy) is 3. The summed E-state index contributed by atoms with van der Waals surface area (Å²) in [5.41, 5.74) is 1.78. The van der Waals surface area contributed by atoms with E-state index < -0.39 is 0 Å². The van der Waals surface area contributed by atoms with E-state index in [9.17, 15) is 4.79 Å². The average Bonchev–Trinajstić information content (AvgIpc) is 3.08. The van der Waals surface area contributed by atoms with Crippen molar-refractivity contribution in [2.45, 2.75) is 6.54 Å². The second kappa shape index (κ2) is 7.40. The van der Waals surface area contributed by atoms with E-state index in [1.165, 1.54) is 6.08 Å². The Morgan fingerprint density at radius 2 is 2.04 bits per heavy atom. The smallest absolute Gasteiger partial charge is 0.244 e. The van der Waals surface area contributed by atoms with Gasteiger partial charge in [0.15, 0.2) is 11.5 Å². The molecule has 2 aromatic rings. The van der Waals surface area contributed by atoms with Crippen LogP contribution in [0.15, 0.2) is 46.9 Å². The van der Waals surface area contributed by atoms with E-state index in [2.05, 4.69) is 21.2 Å². The molecule has 124 valence electrons. The van der Waals surface area contributed by atoms with Crippen molar-refractivity contribution in [2.75, 3.05) is 13.9 Å². The van der Waals surface area contributed by atoms with Crippen LogP contribution in [0, 0.1) is 0 Å². The molecule has 1 heterocycles. The highest BCUT2D eigenvalue weighted by Gasteiger charge is 2.18. The quantitative estimate of drug-likeness (QED) is 0.794. The lowest BCUT2D eigenvalue weighted by atomic mass is 10.1. The van der Waals surface area contributed by atoms with Crippen LogP contribution in [0.1, 0.15) is 11.1 Å². The van der Waals surface area contributed by atoms with Gasteiger partial charge in [0.1, 0.15) is 5.75 Å². The molecule has 0 spiro atoms. The molecule has 6 heteroatoms. The van der Waals surface area contributed by atoms with Crippen molar-refractivity contribution in [3.63, 3.8) is 0 Å². The highest BCUT2D eigenvalue weighted by Crippen LogP contribution is 2.40. The van der Waals surface area contributed by atoms with Gasteiger partial charge in [0.05, 0.1) is 7.11 Å². The molecule has 1 aliphatic heterocycles. The Morgan fingerprint density at radius 3 is 2.79 bits per heavy atom. The second-order valence-corrected chi connectivity index (χ2v) is 5.95. The molecule has 0 radical (unpaired) electrons. The van der Waals surface area contributed by atoms with E-state index in [1.807, 2.05) is 36.4 Å². The second-order valence-electron chi connectivity index (χ2n) is 5.09. The zero-order chi connectivity index (χ0) is 16.9. The van der Waals surface area contributed by atoms with Crippen molar-refractivity contribution in [3.8, 4) is 17.2 Å². The van der Waals surface area contributed by atoms with Gasteiger partial charge in [-0.15, -0.1) is 0 Å². The summed E-state index contributed by atoms with van der Waals surface area (Å²) >= 11 is 3.46. The van der Waals surface area contributed by atoms with Crippen molar-refractivity contribution in [1.82, 2.24) is 5.32 Å². The fourth-order valence-corrected chi connectivity index (χ4v) is 2.72. The predicted octanol–water partition coefficient (Wildman–Crippen LogP) is 3.52. The molecule has 2 aromatic carbocycles. The van der Waals surface area contributed by atoms with Gasteiger partial charge in [0, 0.05) is 22.7 Å². The van der Waals surface area contributed by atoms with Gasteiger partial charge in [0.2, 0.25) is 12.7 Å². The molecular formula is C18H16BrNO4. The predicted molar refractivity (Wildman–Crippen MR) is 94.1 cm³/mol. The molecule has 0 atom stereocenters. The normalized spacial score (nSPS) is 12.4. The van der Waals surface area contributed by atoms with Crippen molar-refractivity contribution >= 4 is 27.9 Å². The third-order valence-corrected chi connectivity index (χ3v) is 4.24. The molecule has 0 bridgehead atoms. The first-order valence-electron chi connectivity index (χ1n) is 7.34. The van der Waals surface area contributed by atoms with Crippen LogP contribution in [0.3, 0.4) is 0 Å². The fraction of sp³-hybridized carbons (Fsp3) is 0.167. The Balaban J connectivity index is 1.62. The minimum atomic E-state index is -0.186. The molecule has 24 heavy (non-hydrogen) atoms. The highest BCUT2D eigenvalue weighted by atomic mass is 79.9. The number of fused-ring (bicyclic) bond motifs is 1. The monoisotopic (exact) mass is 389 g/mol. The van der Waals surface area contributed by atoms with Crippen molar-refractivity contribution < 1.29 is 19.0 Å². The van der Waals surface area contributed by atoms with E-state index >= 15 is 0 Å². The number of hydrogen-bond acceptors (Lipinski definition) is 4. The molecule has 0 aromatic heterocycles. The highest BCUT2D eigenvalue weighted by molar-refractivity contribution is 9.10. The van der Waals surface area contributed by atoms with Gasteiger partial charge in [-0.3, -0.25) is 4.79 Å². The largest absolute Gasteiger partial charge is 0.497 e. The fourth-order valence-electron chi connectivity index (χ4n) is 2.28. The minimum absolute atomic E-state index is 0.186. The van der Waals surface area contributed by atoms with Crippen molar-refractivity contribution in [1.29, 1.82) is 0 Å². The molecular weight excluding hydrogens is 374 g/mol. The van der Waals surface area contributed by atoms with E-state index in [4.69, 9.17) is 14.2 Å². The number of halogens is 1. The van der Waals surface area contributed by atoms with Crippen molar-refractivity contribution in [3.05, 3.63) is 58.1 Å². The number of benzene rings is 2. The summed E-state index contributed by atoms with van der Waals surface area (Å²) in [4.78, 5) is 12.0. The number of carbonyl (C=O) groups is 1. The van der Waals surface area contributed by atoms with Crippen LogP contribution in [0.2, 0.25) is 0 Å².